The SMILES string of the molecule is Cc1nc(CN2Sc3ccccc3N(Cc3c(F)cccc3F)C2=O)cs1. The summed E-state index contributed by atoms with van der Waals surface area (Å²) in [6.07, 6.45) is 0. The Hall–Kier alpha value is -2.45. The number of carbonyl (C=O) groups is 1. The van der Waals surface area contributed by atoms with E-state index in [0.29, 0.717) is 12.2 Å². The lowest BCUT2D eigenvalue weighted by Gasteiger charge is -2.35. The molecule has 0 saturated carbocycles. The molecular weight excluding hydrogens is 388 g/mol. The van der Waals surface area contributed by atoms with Crippen LogP contribution in [0.5, 0.6) is 0 Å². The number of hydrogen-bond acceptors (Lipinski definition) is 4. The molecule has 0 radical (unpaired) electrons. The van der Waals surface area contributed by atoms with E-state index in [0.717, 1.165) is 15.6 Å². The standard InChI is InChI=1S/C19H15F2N3OS2/c1-12-22-13(11-26-12)9-24-19(25)23(17-7-2-3-8-18(17)27-24)10-14-15(20)5-4-6-16(14)21/h2-8,11H,9-10H2,1H3. The molecule has 138 valence electrons. The number of hydrogen-bond donors (Lipinski definition) is 0. The third-order valence-electron chi connectivity index (χ3n) is 4.16. The molecule has 0 N–H and O–H groups in total. The van der Waals surface area contributed by atoms with E-state index in [1.807, 2.05) is 24.4 Å². The largest absolute Gasteiger partial charge is 0.335 e. The zero-order valence-electron chi connectivity index (χ0n) is 14.4. The molecule has 0 unspecified atom stereocenters. The molecule has 2 aromatic carbocycles. The molecule has 2 heterocycles. The molecule has 1 aliphatic rings. The van der Waals surface area contributed by atoms with Crippen molar-refractivity contribution in [3.63, 3.8) is 0 Å². The second kappa shape index (κ2) is 7.28. The van der Waals surface area contributed by atoms with Gasteiger partial charge in [-0.25, -0.2) is 18.6 Å². The third kappa shape index (κ3) is 3.54. The van der Waals surface area contributed by atoms with Gasteiger partial charge in [-0.1, -0.05) is 18.2 Å². The summed E-state index contributed by atoms with van der Waals surface area (Å²) in [6.45, 7) is 2.04. The van der Waals surface area contributed by atoms with Crippen LogP contribution in [0.3, 0.4) is 0 Å². The monoisotopic (exact) mass is 403 g/mol. The van der Waals surface area contributed by atoms with E-state index in [9.17, 15) is 13.6 Å². The van der Waals surface area contributed by atoms with Gasteiger partial charge in [-0.15, -0.1) is 11.3 Å². The van der Waals surface area contributed by atoms with Crippen molar-refractivity contribution in [2.75, 3.05) is 4.90 Å². The molecule has 4 nitrogen and oxygen atoms in total. The van der Waals surface area contributed by atoms with Crippen LogP contribution in [-0.4, -0.2) is 15.3 Å². The highest BCUT2D eigenvalue weighted by molar-refractivity contribution is 7.97. The second-order valence-electron chi connectivity index (χ2n) is 6.02. The number of thiazole rings is 1. The van der Waals surface area contributed by atoms with Crippen molar-refractivity contribution in [1.82, 2.24) is 9.29 Å². The normalized spacial score (nSPS) is 13.8. The summed E-state index contributed by atoms with van der Waals surface area (Å²) in [4.78, 5) is 19.8. The Kier molecular flexibility index (Phi) is 4.84. The van der Waals surface area contributed by atoms with Crippen LogP contribution in [0.4, 0.5) is 19.3 Å². The predicted octanol–water partition coefficient (Wildman–Crippen LogP) is 5.38. The van der Waals surface area contributed by atoms with Gasteiger partial charge in [0.15, 0.2) is 0 Å². The van der Waals surface area contributed by atoms with Crippen LogP contribution in [-0.2, 0) is 13.1 Å². The van der Waals surface area contributed by atoms with Crippen molar-refractivity contribution in [2.24, 2.45) is 0 Å². The number of rotatable bonds is 4. The number of fused-ring (bicyclic) bond motifs is 1. The van der Waals surface area contributed by atoms with E-state index in [4.69, 9.17) is 0 Å². The molecule has 27 heavy (non-hydrogen) atoms. The fourth-order valence-electron chi connectivity index (χ4n) is 2.87. The van der Waals surface area contributed by atoms with Gasteiger partial charge < -0.3 is 0 Å². The fourth-order valence-corrected chi connectivity index (χ4v) is 4.50. The lowest BCUT2D eigenvalue weighted by Crippen LogP contribution is -2.42. The number of anilines is 1. The summed E-state index contributed by atoms with van der Waals surface area (Å²) in [5.74, 6) is -1.33. The van der Waals surface area contributed by atoms with E-state index in [2.05, 4.69) is 4.98 Å². The lowest BCUT2D eigenvalue weighted by atomic mass is 10.1. The molecule has 8 heteroatoms. The topological polar surface area (TPSA) is 36.4 Å². The first-order chi connectivity index (χ1) is 13.0. The lowest BCUT2D eigenvalue weighted by molar-refractivity contribution is 0.229. The average Bonchev–Trinajstić information content (AvgIpc) is 3.06. The van der Waals surface area contributed by atoms with Crippen molar-refractivity contribution in [1.29, 1.82) is 0 Å². The van der Waals surface area contributed by atoms with Crippen LogP contribution in [0.2, 0.25) is 0 Å². The van der Waals surface area contributed by atoms with Gasteiger partial charge in [-0.05, 0) is 43.1 Å². The summed E-state index contributed by atoms with van der Waals surface area (Å²) in [5, 5.41) is 2.83. The summed E-state index contributed by atoms with van der Waals surface area (Å²) in [5.41, 5.74) is 1.30. The van der Waals surface area contributed by atoms with Gasteiger partial charge in [0, 0.05) is 10.9 Å². The van der Waals surface area contributed by atoms with Gasteiger partial charge in [-0.3, -0.25) is 9.21 Å². The molecule has 0 aliphatic carbocycles. The maximum Gasteiger partial charge on any atom is 0.335 e. The molecule has 4 rings (SSSR count). The first kappa shape index (κ1) is 17.9. The van der Waals surface area contributed by atoms with Crippen molar-refractivity contribution in [2.45, 2.75) is 24.9 Å². The van der Waals surface area contributed by atoms with Crippen molar-refractivity contribution in [3.05, 3.63) is 75.7 Å². The minimum absolute atomic E-state index is 0.128. The second-order valence-corrected chi connectivity index (χ2v) is 8.15. The molecule has 0 saturated heterocycles. The van der Waals surface area contributed by atoms with E-state index in [-0.39, 0.29) is 18.1 Å². The Labute approximate surface area is 163 Å². The van der Waals surface area contributed by atoms with Gasteiger partial charge in [0.2, 0.25) is 0 Å². The maximum atomic E-state index is 14.1. The van der Waals surface area contributed by atoms with Gasteiger partial charge in [0.25, 0.3) is 0 Å². The number of urea groups is 1. The zero-order valence-corrected chi connectivity index (χ0v) is 16.0. The van der Waals surface area contributed by atoms with Crippen LogP contribution >= 0.6 is 23.3 Å². The van der Waals surface area contributed by atoms with E-state index in [1.54, 1.807) is 16.4 Å². The summed E-state index contributed by atoms with van der Waals surface area (Å²) >= 11 is 2.83. The molecule has 0 bridgehead atoms. The van der Waals surface area contributed by atoms with E-state index in [1.165, 1.54) is 46.4 Å². The highest BCUT2D eigenvalue weighted by Gasteiger charge is 2.32. The number of halogens is 2. The quantitative estimate of drug-likeness (QED) is 0.549. The van der Waals surface area contributed by atoms with Gasteiger partial charge in [-0.2, -0.15) is 0 Å². The Bertz CT molecular complexity index is 988. The van der Waals surface area contributed by atoms with Crippen molar-refractivity contribution in [3.8, 4) is 0 Å². The van der Waals surface area contributed by atoms with E-state index < -0.39 is 11.6 Å². The molecule has 1 aromatic heterocycles. The molecule has 0 fully saturated rings. The predicted molar refractivity (Wildman–Crippen MR) is 103 cm³/mol. The van der Waals surface area contributed by atoms with Crippen LogP contribution in [0.1, 0.15) is 16.3 Å². The Morgan fingerprint density at radius 2 is 1.78 bits per heavy atom. The number of aryl methyl sites for hydroxylation is 1. The van der Waals surface area contributed by atoms with E-state index >= 15 is 0 Å². The number of para-hydroxylation sites is 1. The Balaban J connectivity index is 1.69. The highest BCUT2D eigenvalue weighted by Crippen LogP contribution is 2.40. The Morgan fingerprint density at radius 1 is 1.04 bits per heavy atom. The summed E-state index contributed by atoms with van der Waals surface area (Å²) < 4.78 is 29.9. The zero-order chi connectivity index (χ0) is 19.0. The molecule has 1 aliphatic heterocycles. The molecule has 0 spiro atoms. The van der Waals surface area contributed by atoms with Crippen LogP contribution in [0.25, 0.3) is 0 Å². The average molecular weight is 403 g/mol. The smallest absolute Gasteiger partial charge is 0.288 e. The van der Waals surface area contributed by atoms with Crippen molar-refractivity contribution >= 4 is 35.0 Å². The molecule has 0 atom stereocenters. The Morgan fingerprint density at radius 3 is 2.48 bits per heavy atom. The maximum absolute atomic E-state index is 14.1. The van der Waals surface area contributed by atoms with Crippen LogP contribution < -0.4 is 4.90 Å². The molecular formula is C19H15F2N3OS2. The fraction of sp³-hybridized carbons (Fsp3) is 0.158. The molecule has 3 aromatic rings. The third-order valence-corrected chi connectivity index (χ3v) is 6.03. The van der Waals surface area contributed by atoms with Gasteiger partial charge in [0.1, 0.15) is 11.6 Å². The summed E-state index contributed by atoms with van der Waals surface area (Å²) in [6, 6.07) is 10.7. The number of nitrogens with zero attached hydrogens (tertiary/aromatic N) is 3. The van der Waals surface area contributed by atoms with Crippen molar-refractivity contribution < 1.29 is 13.6 Å². The number of benzene rings is 2. The van der Waals surface area contributed by atoms with Gasteiger partial charge >= 0.3 is 6.03 Å². The van der Waals surface area contributed by atoms with Crippen LogP contribution in [0, 0.1) is 18.6 Å². The van der Waals surface area contributed by atoms with Gasteiger partial charge in [0.05, 0.1) is 34.4 Å². The van der Waals surface area contributed by atoms with Crippen LogP contribution in [0.15, 0.2) is 52.7 Å². The first-order valence-electron chi connectivity index (χ1n) is 8.23. The summed E-state index contributed by atoms with van der Waals surface area (Å²) in [7, 11) is 0. The number of aromatic nitrogens is 1. The minimum atomic E-state index is -0.666. The minimum Gasteiger partial charge on any atom is -0.288 e. The first-order valence-corrected chi connectivity index (χ1v) is 9.88. The molecule has 2 amide bonds. The highest BCUT2D eigenvalue weighted by atomic mass is 32.2. The number of carbonyl (C=O) groups excluding carboxylic acids is 1. The number of amides is 2.